The van der Waals surface area contributed by atoms with Gasteiger partial charge in [0.05, 0.1) is 5.92 Å². The Bertz CT molecular complexity index is 470. The first kappa shape index (κ1) is 12.6. The van der Waals surface area contributed by atoms with Crippen molar-refractivity contribution in [2.45, 2.75) is 19.8 Å². The molecule has 18 heavy (non-hydrogen) atoms. The monoisotopic (exact) mass is 247 g/mol. The van der Waals surface area contributed by atoms with Gasteiger partial charge in [-0.05, 0) is 24.5 Å². The Morgan fingerprint density at radius 1 is 1.39 bits per heavy atom. The maximum absolute atomic E-state index is 12.3. The van der Waals surface area contributed by atoms with Crippen molar-refractivity contribution in [1.29, 1.82) is 0 Å². The number of carboxylic acids is 1. The number of likely N-dealkylation sites (tertiary alicyclic amines) is 1. The van der Waals surface area contributed by atoms with Gasteiger partial charge in [0.1, 0.15) is 0 Å². The van der Waals surface area contributed by atoms with Crippen LogP contribution in [0.3, 0.4) is 0 Å². The van der Waals surface area contributed by atoms with Crippen LogP contribution in [0.2, 0.25) is 0 Å². The van der Waals surface area contributed by atoms with Gasteiger partial charge >= 0.3 is 5.97 Å². The van der Waals surface area contributed by atoms with E-state index in [0.717, 1.165) is 12.0 Å². The zero-order valence-corrected chi connectivity index (χ0v) is 10.4. The van der Waals surface area contributed by atoms with Crippen molar-refractivity contribution >= 4 is 11.9 Å². The fraction of sp³-hybridized carbons (Fsp3) is 0.429. The lowest BCUT2D eigenvalue weighted by atomic mass is 10.0. The van der Waals surface area contributed by atoms with Gasteiger partial charge in [-0.1, -0.05) is 25.1 Å². The second-order valence-corrected chi connectivity index (χ2v) is 4.59. The topological polar surface area (TPSA) is 57.6 Å². The molecule has 4 nitrogen and oxygen atoms in total. The Labute approximate surface area is 106 Å². The second kappa shape index (κ2) is 5.21. The van der Waals surface area contributed by atoms with E-state index in [-0.39, 0.29) is 5.91 Å². The summed E-state index contributed by atoms with van der Waals surface area (Å²) in [7, 11) is 0. The minimum atomic E-state index is -0.811. The zero-order valence-electron chi connectivity index (χ0n) is 10.4. The van der Waals surface area contributed by atoms with E-state index < -0.39 is 11.9 Å². The molecule has 1 amide bonds. The summed E-state index contributed by atoms with van der Waals surface area (Å²) in [6, 6.07) is 7.52. The number of carbonyl (C=O) groups is 2. The molecule has 1 saturated heterocycles. The SMILES string of the molecule is CCc1ccccc1C(=O)N1CCC(C(=O)O)C1. The molecule has 1 heterocycles. The molecule has 1 unspecified atom stereocenters. The fourth-order valence-corrected chi connectivity index (χ4v) is 2.35. The molecular formula is C14H17NO3. The van der Waals surface area contributed by atoms with Crippen molar-refractivity contribution in [3.05, 3.63) is 35.4 Å². The summed E-state index contributed by atoms with van der Waals surface area (Å²) in [4.78, 5) is 24.9. The Balaban J connectivity index is 2.15. The minimum Gasteiger partial charge on any atom is -0.481 e. The molecule has 1 aliphatic rings. The average molecular weight is 247 g/mol. The number of aliphatic carboxylic acids is 1. The second-order valence-electron chi connectivity index (χ2n) is 4.59. The van der Waals surface area contributed by atoms with Crippen LogP contribution in [0.5, 0.6) is 0 Å². The third-order valence-electron chi connectivity index (χ3n) is 3.45. The predicted molar refractivity (Wildman–Crippen MR) is 67.5 cm³/mol. The highest BCUT2D eigenvalue weighted by molar-refractivity contribution is 5.96. The van der Waals surface area contributed by atoms with Crippen molar-refractivity contribution in [2.75, 3.05) is 13.1 Å². The third kappa shape index (κ3) is 2.37. The number of rotatable bonds is 3. The van der Waals surface area contributed by atoms with Crippen LogP contribution in [0, 0.1) is 5.92 Å². The average Bonchev–Trinajstić information content (AvgIpc) is 2.87. The lowest BCUT2D eigenvalue weighted by molar-refractivity contribution is -0.141. The summed E-state index contributed by atoms with van der Waals surface area (Å²) in [6.45, 7) is 2.87. The van der Waals surface area contributed by atoms with Gasteiger partial charge < -0.3 is 10.0 Å². The van der Waals surface area contributed by atoms with Crippen LogP contribution in [0.15, 0.2) is 24.3 Å². The molecule has 0 saturated carbocycles. The van der Waals surface area contributed by atoms with Gasteiger partial charge in [-0.25, -0.2) is 0 Å². The van der Waals surface area contributed by atoms with Gasteiger partial charge in [0.15, 0.2) is 0 Å². The minimum absolute atomic E-state index is 0.0452. The van der Waals surface area contributed by atoms with E-state index in [1.54, 1.807) is 4.90 Å². The molecule has 1 N–H and O–H groups in total. The molecule has 0 bridgehead atoms. The quantitative estimate of drug-likeness (QED) is 0.886. The number of amides is 1. The van der Waals surface area contributed by atoms with Crippen molar-refractivity contribution in [3.8, 4) is 0 Å². The number of carboxylic acid groups (broad SMARTS) is 1. The normalized spacial score (nSPS) is 18.9. The Hall–Kier alpha value is -1.84. The van der Waals surface area contributed by atoms with Crippen LogP contribution >= 0.6 is 0 Å². The molecule has 1 fully saturated rings. The molecule has 96 valence electrons. The predicted octanol–water partition coefficient (Wildman–Crippen LogP) is 1.80. The molecule has 4 heteroatoms. The molecule has 1 aromatic carbocycles. The van der Waals surface area contributed by atoms with Crippen LogP contribution in [0.4, 0.5) is 0 Å². The first-order valence-electron chi connectivity index (χ1n) is 6.23. The number of aryl methyl sites for hydroxylation is 1. The van der Waals surface area contributed by atoms with Gasteiger partial charge in [0, 0.05) is 18.7 Å². The van der Waals surface area contributed by atoms with E-state index in [1.807, 2.05) is 31.2 Å². The Morgan fingerprint density at radius 3 is 2.72 bits per heavy atom. The number of nitrogens with zero attached hydrogens (tertiary/aromatic N) is 1. The Morgan fingerprint density at radius 2 is 2.11 bits per heavy atom. The van der Waals surface area contributed by atoms with Gasteiger partial charge in [0.25, 0.3) is 5.91 Å². The maximum atomic E-state index is 12.3. The van der Waals surface area contributed by atoms with Gasteiger partial charge in [-0.3, -0.25) is 9.59 Å². The third-order valence-corrected chi connectivity index (χ3v) is 3.45. The lowest BCUT2D eigenvalue weighted by Gasteiger charge is -2.17. The molecular weight excluding hydrogens is 230 g/mol. The zero-order chi connectivity index (χ0) is 13.1. The highest BCUT2D eigenvalue weighted by atomic mass is 16.4. The molecule has 0 radical (unpaired) electrons. The first-order valence-corrected chi connectivity index (χ1v) is 6.23. The van der Waals surface area contributed by atoms with Crippen molar-refractivity contribution in [3.63, 3.8) is 0 Å². The van der Waals surface area contributed by atoms with E-state index in [1.165, 1.54) is 0 Å². The molecule has 1 atom stereocenters. The number of hydrogen-bond acceptors (Lipinski definition) is 2. The fourth-order valence-electron chi connectivity index (χ4n) is 2.35. The summed E-state index contributed by atoms with van der Waals surface area (Å²) < 4.78 is 0. The highest BCUT2D eigenvalue weighted by Gasteiger charge is 2.31. The molecule has 1 aromatic rings. The maximum Gasteiger partial charge on any atom is 0.308 e. The van der Waals surface area contributed by atoms with Gasteiger partial charge in [-0.2, -0.15) is 0 Å². The van der Waals surface area contributed by atoms with E-state index in [2.05, 4.69) is 0 Å². The highest BCUT2D eigenvalue weighted by Crippen LogP contribution is 2.20. The summed E-state index contributed by atoms with van der Waals surface area (Å²) in [6.07, 6.45) is 1.35. The van der Waals surface area contributed by atoms with E-state index in [0.29, 0.717) is 25.1 Å². The van der Waals surface area contributed by atoms with E-state index in [9.17, 15) is 9.59 Å². The van der Waals surface area contributed by atoms with Gasteiger partial charge in [0.2, 0.25) is 0 Å². The van der Waals surface area contributed by atoms with E-state index >= 15 is 0 Å². The molecule has 0 aliphatic carbocycles. The molecule has 1 aliphatic heterocycles. The van der Waals surface area contributed by atoms with Crippen molar-refractivity contribution in [2.24, 2.45) is 5.92 Å². The summed E-state index contributed by atoms with van der Waals surface area (Å²) in [5, 5.41) is 8.95. The largest absolute Gasteiger partial charge is 0.481 e. The van der Waals surface area contributed by atoms with Crippen molar-refractivity contribution < 1.29 is 14.7 Å². The molecule has 0 spiro atoms. The van der Waals surface area contributed by atoms with Crippen LogP contribution in [-0.2, 0) is 11.2 Å². The summed E-state index contributed by atoms with van der Waals surface area (Å²) in [5.74, 6) is -1.27. The molecule has 2 rings (SSSR count). The lowest BCUT2D eigenvalue weighted by Crippen LogP contribution is -2.30. The van der Waals surface area contributed by atoms with Crippen molar-refractivity contribution in [1.82, 2.24) is 4.90 Å². The van der Waals surface area contributed by atoms with Crippen LogP contribution < -0.4 is 0 Å². The van der Waals surface area contributed by atoms with Crippen LogP contribution in [0.25, 0.3) is 0 Å². The number of hydrogen-bond donors (Lipinski definition) is 1. The molecule has 0 aromatic heterocycles. The number of carbonyl (C=O) groups excluding carboxylic acids is 1. The summed E-state index contributed by atoms with van der Waals surface area (Å²) >= 11 is 0. The first-order chi connectivity index (χ1) is 8.63. The van der Waals surface area contributed by atoms with Gasteiger partial charge in [-0.15, -0.1) is 0 Å². The van der Waals surface area contributed by atoms with Crippen LogP contribution in [0.1, 0.15) is 29.3 Å². The smallest absolute Gasteiger partial charge is 0.308 e. The number of benzene rings is 1. The van der Waals surface area contributed by atoms with E-state index in [4.69, 9.17) is 5.11 Å². The standard InChI is InChI=1S/C14H17NO3/c1-2-10-5-3-4-6-12(10)13(16)15-8-7-11(9-15)14(17)18/h3-6,11H,2,7-9H2,1H3,(H,17,18). The van der Waals surface area contributed by atoms with Crippen LogP contribution in [-0.4, -0.2) is 35.0 Å². The Kier molecular flexibility index (Phi) is 3.65. The summed E-state index contributed by atoms with van der Waals surface area (Å²) in [5.41, 5.74) is 1.72.